The maximum atomic E-state index is 14.5. The molecular formula is C30H42FN5O8. The third-order valence-corrected chi connectivity index (χ3v) is 6.45. The van der Waals surface area contributed by atoms with Gasteiger partial charge in [0.05, 0.1) is 43.4 Å². The van der Waals surface area contributed by atoms with E-state index in [-0.39, 0.29) is 34.8 Å². The Morgan fingerprint density at radius 1 is 1.25 bits per heavy atom. The van der Waals surface area contributed by atoms with Gasteiger partial charge in [0.15, 0.2) is 0 Å². The minimum atomic E-state index is -1.84. The molecule has 242 valence electrons. The molecule has 1 aromatic rings. The number of methoxy groups -OCH3 is 1. The quantitative estimate of drug-likeness (QED) is 0.185. The van der Waals surface area contributed by atoms with Gasteiger partial charge in [0, 0.05) is 31.6 Å². The van der Waals surface area contributed by atoms with Crippen molar-refractivity contribution in [2.24, 2.45) is 5.16 Å². The molecule has 1 fully saturated rings. The molecule has 1 unspecified atom stereocenters. The molecule has 0 spiro atoms. The van der Waals surface area contributed by atoms with Gasteiger partial charge >= 0.3 is 11.8 Å². The van der Waals surface area contributed by atoms with Crippen LogP contribution in [0.1, 0.15) is 59.9 Å². The van der Waals surface area contributed by atoms with E-state index in [0.717, 1.165) is 5.01 Å². The number of likely N-dealkylation sites (N-methyl/N-ethyl adjacent to an activating group) is 1. The van der Waals surface area contributed by atoms with Crippen molar-refractivity contribution in [2.75, 3.05) is 27.4 Å². The third-order valence-electron chi connectivity index (χ3n) is 6.45. The second kappa shape index (κ2) is 14.5. The highest BCUT2D eigenvalue weighted by Crippen LogP contribution is 2.32. The van der Waals surface area contributed by atoms with Crippen LogP contribution < -0.4 is 10.1 Å². The number of oxime groups is 1. The summed E-state index contributed by atoms with van der Waals surface area (Å²) in [6.07, 6.45) is 1.34. The summed E-state index contributed by atoms with van der Waals surface area (Å²) >= 11 is 0. The molecule has 1 atom stereocenters. The summed E-state index contributed by atoms with van der Waals surface area (Å²) in [7, 11) is 2.61. The lowest BCUT2D eigenvalue weighted by Crippen LogP contribution is -2.62. The standard InChI is InChI=1S/C30H42FN5O8/c1-18(2)44-33-19(3)23-16-35(29(40)36(27(23)38)34(7)28(39)26(37)32-30(4,5)6)17-25(43-21-11-13-42-14-12-21)22-15-20(31)9-10-24(22)41-8/h9-10,15-18,21,29,40H,11-14H2,1-8H3,(H,32,37)/b25-17-,33-19+. The van der Waals surface area contributed by atoms with Crippen LogP contribution in [0, 0.1) is 5.82 Å². The molecular weight excluding hydrogens is 577 g/mol. The molecule has 1 saturated heterocycles. The lowest BCUT2D eigenvalue weighted by molar-refractivity contribution is -0.197. The largest absolute Gasteiger partial charge is 0.496 e. The van der Waals surface area contributed by atoms with Crippen molar-refractivity contribution in [1.29, 1.82) is 0 Å². The first kappa shape index (κ1) is 34.3. The van der Waals surface area contributed by atoms with E-state index >= 15 is 0 Å². The van der Waals surface area contributed by atoms with Crippen molar-refractivity contribution in [3.8, 4) is 5.75 Å². The smallest absolute Gasteiger partial charge is 0.330 e. The number of hydrogen-bond donors (Lipinski definition) is 2. The van der Waals surface area contributed by atoms with Crippen LogP contribution in [-0.4, -0.2) is 94.9 Å². The van der Waals surface area contributed by atoms with Crippen LogP contribution in [0.4, 0.5) is 4.39 Å². The van der Waals surface area contributed by atoms with Gasteiger partial charge in [-0.15, -0.1) is 0 Å². The number of amides is 3. The van der Waals surface area contributed by atoms with Gasteiger partial charge in [-0.2, -0.15) is 5.01 Å². The van der Waals surface area contributed by atoms with E-state index in [1.165, 1.54) is 56.6 Å². The summed E-state index contributed by atoms with van der Waals surface area (Å²) in [5, 5.41) is 19.5. The first-order valence-electron chi connectivity index (χ1n) is 14.2. The van der Waals surface area contributed by atoms with Gasteiger partial charge in [-0.1, -0.05) is 5.16 Å². The Morgan fingerprint density at radius 3 is 2.50 bits per heavy atom. The van der Waals surface area contributed by atoms with E-state index in [1.807, 2.05) is 0 Å². The maximum Gasteiger partial charge on any atom is 0.330 e. The lowest BCUT2D eigenvalue weighted by Gasteiger charge is -2.42. The molecule has 14 heteroatoms. The van der Waals surface area contributed by atoms with Crippen LogP contribution in [0.2, 0.25) is 0 Å². The fraction of sp³-hybridized carbons (Fsp3) is 0.533. The number of carbonyl (C=O) groups is 3. The van der Waals surface area contributed by atoms with Crippen molar-refractivity contribution < 1.29 is 42.9 Å². The van der Waals surface area contributed by atoms with Crippen LogP contribution >= 0.6 is 0 Å². The first-order valence-corrected chi connectivity index (χ1v) is 14.2. The zero-order valence-corrected chi connectivity index (χ0v) is 26.4. The van der Waals surface area contributed by atoms with Crippen molar-refractivity contribution in [3.63, 3.8) is 0 Å². The average molecular weight is 620 g/mol. The van der Waals surface area contributed by atoms with Crippen LogP contribution in [0.3, 0.4) is 0 Å². The van der Waals surface area contributed by atoms with E-state index in [2.05, 4.69) is 10.5 Å². The van der Waals surface area contributed by atoms with Gasteiger partial charge in [-0.3, -0.25) is 14.4 Å². The molecule has 3 amide bonds. The van der Waals surface area contributed by atoms with Gasteiger partial charge < -0.3 is 34.4 Å². The van der Waals surface area contributed by atoms with Crippen molar-refractivity contribution in [1.82, 2.24) is 20.2 Å². The molecule has 0 aliphatic carbocycles. The Hall–Kier alpha value is -4.17. The number of rotatable bonds is 9. The summed E-state index contributed by atoms with van der Waals surface area (Å²) in [5.74, 6) is -3.06. The number of hydrazine groups is 1. The molecule has 2 aliphatic rings. The van der Waals surface area contributed by atoms with Gasteiger partial charge in [0.2, 0.25) is 6.35 Å². The second-order valence-corrected chi connectivity index (χ2v) is 11.6. The minimum Gasteiger partial charge on any atom is -0.496 e. The first-order chi connectivity index (χ1) is 20.6. The van der Waals surface area contributed by atoms with Gasteiger partial charge in [-0.25, -0.2) is 9.40 Å². The highest BCUT2D eigenvalue weighted by molar-refractivity contribution is 6.35. The van der Waals surface area contributed by atoms with E-state index in [9.17, 15) is 23.9 Å². The molecule has 0 saturated carbocycles. The Morgan fingerprint density at radius 2 is 1.91 bits per heavy atom. The highest BCUT2D eigenvalue weighted by atomic mass is 19.1. The zero-order chi connectivity index (χ0) is 32.8. The molecule has 2 heterocycles. The van der Waals surface area contributed by atoms with E-state index in [0.29, 0.717) is 36.8 Å². The second-order valence-electron chi connectivity index (χ2n) is 11.6. The lowest BCUT2D eigenvalue weighted by atomic mass is 10.1. The molecule has 2 N–H and O–H groups in total. The molecule has 13 nitrogen and oxygen atoms in total. The topological polar surface area (TPSA) is 142 Å². The zero-order valence-electron chi connectivity index (χ0n) is 26.4. The fourth-order valence-electron chi connectivity index (χ4n) is 4.29. The number of benzene rings is 1. The molecule has 2 aliphatic heterocycles. The minimum absolute atomic E-state index is 0.0558. The predicted molar refractivity (Wildman–Crippen MR) is 159 cm³/mol. The summed E-state index contributed by atoms with van der Waals surface area (Å²) in [6.45, 7) is 11.0. The van der Waals surface area contributed by atoms with Crippen molar-refractivity contribution in [3.05, 3.63) is 47.6 Å². The normalized spacial score (nSPS) is 18.7. The number of nitrogens with zero attached hydrogens (tertiary/aromatic N) is 4. The number of hydrogen-bond acceptors (Lipinski definition) is 10. The molecule has 44 heavy (non-hydrogen) atoms. The molecule has 0 aromatic heterocycles. The monoisotopic (exact) mass is 619 g/mol. The Labute approximate surface area is 256 Å². The Kier molecular flexibility index (Phi) is 11.3. The number of aliphatic hydroxyl groups excluding tert-OH is 1. The van der Waals surface area contributed by atoms with Crippen LogP contribution in [0.25, 0.3) is 5.76 Å². The number of nitrogens with one attached hydrogen (secondary N) is 1. The highest BCUT2D eigenvalue weighted by Gasteiger charge is 2.41. The number of halogens is 1. The van der Waals surface area contributed by atoms with Crippen LogP contribution in [0.15, 0.2) is 41.3 Å². The van der Waals surface area contributed by atoms with Crippen molar-refractivity contribution >= 4 is 29.2 Å². The van der Waals surface area contributed by atoms with Crippen LogP contribution in [0.5, 0.6) is 5.75 Å². The number of carbonyl (C=O) groups excluding carboxylic acids is 3. The summed E-state index contributed by atoms with van der Waals surface area (Å²) in [5.41, 5.74) is -0.420. The van der Waals surface area contributed by atoms with E-state index in [1.54, 1.807) is 34.6 Å². The van der Waals surface area contributed by atoms with Gasteiger partial charge in [-0.05, 0) is 59.7 Å². The number of aliphatic hydroxyl groups is 1. The fourth-order valence-corrected chi connectivity index (χ4v) is 4.29. The maximum absolute atomic E-state index is 14.5. The SMILES string of the molecule is COc1ccc(F)cc1/C(=C/N1C=C(/C(C)=N/OC(C)C)C(=O)N(N(C)C(=O)C(=O)NC(C)(C)C)C1O)OC1CCOCC1. The van der Waals surface area contributed by atoms with E-state index in [4.69, 9.17) is 19.0 Å². The average Bonchev–Trinajstić information content (AvgIpc) is 2.96. The molecule has 0 radical (unpaired) electrons. The van der Waals surface area contributed by atoms with Gasteiger partial charge in [0.1, 0.15) is 29.5 Å². The van der Waals surface area contributed by atoms with Crippen LogP contribution in [-0.2, 0) is 28.7 Å². The summed E-state index contributed by atoms with van der Waals surface area (Å²) in [6, 6.07) is 3.90. The van der Waals surface area contributed by atoms with Gasteiger partial charge in [0.25, 0.3) is 5.91 Å². The summed E-state index contributed by atoms with van der Waals surface area (Å²) in [4.78, 5) is 46.1. The molecule has 3 rings (SSSR count). The number of ether oxygens (including phenoxy) is 3. The summed E-state index contributed by atoms with van der Waals surface area (Å²) < 4.78 is 31.7. The predicted octanol–water partition coefficient (Wildman–Crippen LogP) is 2.72. The van der Waals surface area contributed by atoms with E-state index < -0.39 is 35.4 Å². The third kappa shape index (κ3) is 8.69. The Balaban J connectivity index is 2.15. The molecule has 1 aromatic carbocycles. The Bertz CT molecular complexity index is 1320. The molecule has 0 bridgehead atoms. The van der Waals surface area contributed by atoms with Crippen molar-refractivity contribution in [2.45, 2.75) is 78.5 Å².